The van der Waals surface area contributed by atoms with Gasteiger partial charge < -0.3 is 30.9 Å². The molecule has 0 spiro atoms. The predicted octanol–water partition coefficient (Wildman–Crippen LogP) is 6.36. The van der Waals surface area contributed by atoms with E-state index in [1.807, 2.05) is 82.5 Å². The van der Waals surface area contributed by atoms with E-state index in [0.717, 1.165) is 101 Å². The molecule has 4 N–H and O–H groups in total. The monoisotopic (exact) mass is 793 g/mol. The van der Waals surface area contributed by atoms with Crippen LogP contribution in [0.3, 0.4) is 0 Å². The summed E-state index contributed by atoms with van der Waals surface area (Å²) in [5, 5.41) is 7.98. The Kier molecular flexibility index (Phi) is 11.8. The van der Waals surface area contributed by atoms with Crippen LogP contribution in [0.15, 0.2) is 84.9 Å². The molecule has 14 nitrogen and oxygen atoms in total. The van der Waals surface area contributed by atoms with E-state index in [9.17, 15) is 9.59 Å². The number of hydrogen-bond acceptors (Lipinski definition) is 11. The van der Waals surface area contributed by atoms with E-state index in [-0.39, 0.29) is 11.9 Å². The number of para-hydroxylation sites is 4. The molecule has 10 rings (SSSR count). The zero-order valence-corrected chi connectivity index (χ0v) is 33.9. The Hall–Kier alpha value is -6.38. The molecule has 2 aromatic carbocycles. The number of esters is 1. The first kappa shape index (κ1) is 39.4. The lowest BCUT2D eigenvalue weighted by Crippen LogP contribution is -2.28. The van der Waals surface area contributed by atoms with Gasteiger partial charge >= 0.3 is 5.97 Å². The van der Waals surface area contributed by atoms with Gasteiger partial charge in [-0.15, -0.1) is 0 Å². The zero-order valence-electron chi connectivity index (χ0n) is 33.9. The van der Waals surface area contributed by atoms with Crippen molar-refractivity contribution >= 4 is 78.9 Å². The maximum absolute atomic E-state index is 12.6. The molecule has 0 aliphatic carbocycles. The summed E-state index contributed by atoms with van der Waals surface area (Å²) in [5.41, 5.74) is 12.0. The number of ether oxygens (including phenoxy) is 1. The molecule has 6 aromatic heterocycles. The number of nitrogens with zero attached hydrogens (tertiary/aromatic N) is 8. The molecular weight excluding hydrogens is 743 g/mol. The van der Waals surface area contributed by atoms with E-state index in [1.165, 1.54) is 32.7 Å². The van der Waals surface area contributed by atoms with Crippen LogP contribution in [0.5, 0.6) is 0 Å². The smallest absolute Gasteiger partial charge is 0.341 e. The second kappa shape index (κ2) is 17.6. The number of carbonyl (C=O) groups excluding carboxylic acids is 2. The van der Waals surface area contributed by atoms with Crippen molar-refractivity contribution in [3.05, 3.63) is 96.1 Å². The number of pyridine rings is 4. The lowest BCUT2D eigenvalue weighted by atomic mass is 10.2. The highest BCUT2D eigenvalue weighted by Crippen LogP contribution is 2.30. The lowest BCUT2D eigenvalue weighted by Gasteiger charge is -2.22. The molecule has 2 fully saturated rings. The van der Waals surface area contributed by atoms with Crippen LogP contribution in [-0.4, -0.2) is 101 Å². The minimum Gasteiger partial charge on any atom is -0.462 e. The van der Waals surface area contributed by atoms with E-state index in [4.69, 9.17) is 24.7 Å². The fourth-order valence-corrected chi connectivity index (χ4v) is 8.15. The molecule has 0 atom stereocenters. The lowest BCUT2D eigenvalue weighted by molar-refractivity contribution is 0.0528. The van der Waals surface area contributed by atoms with Crippen LogP contribution in [0.2, 0.25) is 0 Å². The van der Waals surface area contributed by atoms with Crippen molar-refractivity contribution in [2.24, 2.45) is 5.73 Å². The summed E-state index contributed by atoms with van der Waals surface area (Å²) in [4.78, 5) is 49.3. The molecule has 59 heavy (non-hydrogen) atoms. The van der Waals surface area contributed by atoms with Crippen molar-refractivity contribution in [3.63, 3.8) is 0 Å². The maximum Gasteiger partial charge on any atom is 0.341 e. The number of hydrogen-bond donors (Lipinski definition) is 3. The maximum atomic E-state index is 12.6. The highest BCUT2D eigenvalue weighted by atomic mass is 16.5. The molecular formula is C45H51N11O3. The van der Waals surface area contributed by atoms with E-state index in [1.54, 1.807) is 7.05 Å². The Morgan fingerprint density at radius 1 is 0.644 bits per heavy atom. The first-order valence-electron chi connectivity index (χ1n) is 20.6. The molecule has 1 amide bonds. The standard InChI is InChI=1S/C23H24N4O2.C21H22N6O.CH5N/c1-2-29-23(28)17-15-16-11-12-20(26-13-7-3-4-8-14-26)25-21(16)27-19-10-6-5-9-18(19)24-22(17)27;1-22-21(28)15-13-14-7-8-18(26-11-4-9-23-10-12-26)25-19(14)27-17-6-3-2-5-16(17)24-20(15)27;1-2/h5-6,9-12,15H,2-4,7-8,13-14H2,1H3;2-3,5-8,13,23H,4,9-12H2,1H3,(H,22,28);2H2,1H3. The molecule has 8 aromatic rings. The van der Waals surface area contributed by atoms with Crippen LogP contribution >= 0.6 is 0 Å². The van der Waals surface area contributed by atoms with Crippen molar-refractivity contribution in [3.8, 4) is 0 Å². The Bertz CT molecular complexity index is 2780. The molecule has 14 heteroatoms. The topological polar surface area (TPSA) is 160 Å². The number of benzene rings is 2. The minimum atomic E-state index is -0.355. The van der Waals surface area contributed by atoms with Gasteiger partial charge in [0.25, 0.3) is 5.91 Å². The average molecular weight is 794 g/mol. The summed E-state index contributed by atoms with van der Waals surface area (Å²) in [7, 11) is 3.14. The molecule has 2 aliphatic heterocycles. The van der Waals surface area contributed by atoms with Crippen molar-refractivity contribution < 1.29 is 14.3 Å². The molecule has 304 valence electrons. The largest absolute Gasteiger partial charge is 0.462 e. The second-order valence-corrected chi connectivity index (χ2v) is 14.6. The minimum absolute atomic E-state index is 0.148. The number of carbonyl (C=O) groups is 2. The van der Waals surface area contributed by atoms with E-state index < -0.39 is 0 Å². The van der Waals surface area contributed by atoms with Gasteiger partial charge in [-0.05, 0) is 100 Å². The first-order valence-corrected chi connectivity index (χ1v) is 20.6. The van der Waals surface area contributed by atoms with Gasteiger partial charge in [0.15, 0.2) is 11.3 Å². The second-order valence-electron chi connectivity index (χ2n) is 14.6. The van der Waals surface area contributed by atoms with Crippen molar-refractivity contribution in [1.82, 2.24) is 39.4 Å². The van der Waals surface area contributed by atoms with Crippen molar-refractivity contribution in [1.29, 1.82) is 0 Å². The zero-order chi connectivity index (χ0) is 40.9. The summed E-state index contributed by atoms with van der Waals surface area (Å²) in [6.07, 6.45) is 6.06. The molecule has 0 unspecified atom stereocenters. The van der Waals surface area contributed by atoms with Gasteiger partial charge in [0, 0.05) is 50.5 Å². The van der Waals surface area contributed by atoms with Gasteiger partial charge in [-0.2, -0.15) is 0 Å². The number of fused-ring (bicyclic) bond motifs is 10. The van der Waals surface area contributed by atoms with Gasteiger partial charge in [0.2, 0.25) is 0 Å². The number of anilines is 2. The Balaban J connectivity index is 0.000000158. The summed E-state index contributed by atoms with van der Waals surface area (Å²) in [6, 6.07) is 27.8. The average Bonchev–Trinajstić information content (AvgIpc) is 3.57. The molecule has 8 heterocycles. The Morgan fingerprint density at radius 3 is 1.75 bits per heavy atom. The predicted molar refractivity (Wildman–Crippen MR) is 236 cm³/mol. The highest BCUT2D eigenvalue weighted by molar-refractivity contribution is 6.06. The molecule has 0 bridgehead atoms. The summed E-state index contributed by atoms with van der Waals surface area (Å²) in [6.45, 7) is 8.12. The fourth-order valence-electron chi connectivity index (χ4n) is 8.15. The van der Waals surface area contributed by atoms with Crippen molar-refractivity contribution in [2.45, 2.75) is 39.0 Å². The quantitative estimate of drug-likeness (QED) is 0.166. The molecule has 0 saturated carbocycles. The van der Waals surface area contributed by atoms with Gasteiger partial charge in [0.05, 0.1) is 34.2 Å². The molecule has 2 saturated heterocycles. The van der Waals surface area contributed by atoms with Gasteiger partial charge in [-0.25, -0.2) is 24.7 Å². The normalized spacial score (nSPS) is 14.8. The number of rotatable bonds is 5. The van der Waals surface area contributed by atoms with Gasteiger partial charge in [0.1, 0.15) is 28.5 Å². The van der Waals surface area contributed by atoms with Crippen LogP contribution in [0.25, 0.3) is 55.4 Å². The van der Waals surface area contributed by atoms with Crippen LogP contribution in [0.4, 0.5) is 11.6 Å². The van der Waals surface area contributed by atoms with Crippen LogP contribution in [-0.2, 0) is 4.74 Å². The third-order valence-electron chi connectivity index (χ3n) is 11.0. The Morgan fingerprint density at radius 2 is 1.17 bits per heavy atom. The van der Waals surface area contributed by atoms with Crippen molar-refractivity contribution in [2.75, 3.05) is 69.8 Å². The van der Waals surface area contributed by atoms with Crippen LogP contribution in [0.1, 0.15) is 59.7 Å². The third kappa shape index (κ3) is 7.68. The number of nitrogens with two attached hydrogens (primary N) is 1. The van der Waals surface area contributed by atoms with E-state index >= 15 is 0 Å². The van der Waals surface area contributed by atoms with Crippen LogP contribution < -0.4 is 26.2 Å². The summed E-state index contributed by atoms with van der Waals surface area (Å²) in [5.74, 6) is 1.45. The number of imidazole rings is 2. The van der Waals surface area contributed by atoms with Gasteiger partial charge in [-0.1, -0.05) is 37.1 Å². The van der Waals surface area contributed by atoms with Crippen LogP contribution in [0, 0.1) is 0 Å². The molecule has 0 radical (unpaired) electrons. The molecule has 2 aliphatic rings. The number of amides is 1. The van der Waals surface area contributed by atoms with Gasteiger partial charge in [-0.3, -0.25) is 13.6 Å². The number of nitrogens with one attached hydrogen (secondary N) is 2. The van der Waals surface area contributed by atoms with E-state index in [0.29, 0.717) is 29.0 Å². The Labute approximate surface area is 342 Å². The third-order valence-corrected chi connectivity index (χ3v) is 11.0. The van der Waals surface area contributed by atoms with E-state index in [2.05, 4.69) is 44.4 Å². The fraction of sp³-hybridized carbons (Fsp3) is 0.333. The SMILES string of the molecule is CCOC(=O)c1cc2ccc(N3CCCCCC3)nc2n2c1nc1ccccc12.CN.CNC(=O)c1cc2ccc(N3CCCNCC3)nc2n2c1nc1ccccc12. The highest BCUT2D eigenvalue weighted by Gasteiger charge is 2.22. The first-order chi connectivity index (χ1) is 29.0. The number of aromatic nitrogens is 6. The summed E-state index contributed by atoms with van der Waals surface area (Å²) < 4.78 is 9.30. The summed E-state index contributed by atoms with van der Waals surface area (Å²) >= 11 is 0.